The van der Waals surface area contributed by atoms with Gasteiger partial charge in [0.05, 0.1) is 5.69 Å². The molecule has 0 aliphatic carbocycles. The van der Waals surface area contributed by atoms with Gasteiger partial charge in [-0.3, -0.25) is 4.79 Å². The molecule has 1 aromatic carbocycles. The highest BCUT2D eigenvalue weighted by atomic mass is 127. The van der Waals surface area contributed by atoms with Gasteiger partial charge in [-0.15, -0.1) is 6.58 Å². The van der Waals surface area contributed by atoms with Crippen LogP contribution in [0.1, 0.15) is 6.42 Å². The Hall–Kier alpha value is -0.840. The fraction of sp³-hybridized carbons (Fsp3) is 0.250. The molecular weight excluding hydrogens is 301 g/mol. The summed E-state index contributed by atoms with van der Waals surface area (Å²) in [5, 5.41) is 0. The van der Waals surface area contributed by atoms with E-state index in [4.69, 9.17) is 0 Å². The molecule has 1 aliphatic heterocycles. The summed E-state index contributed by atoms with van der Waals surface area (Å²) >= 11 is 2.26. The zero-order chi connectivity index (χ0) is 10.8. The van der Waals surface area contributed by atoms with Gasteiger partial charge < -0.3 is 4.90 Å². The van der Waals surface area contributed by atoms with Crippen molar-refractivity contribution in [2.75, 3.05) is 11.4 Å². The fourth-order valence-corrected chi connectivity index (χ4v) is 2.48. The second kappa shape index (κ2) is 4.35. The summed E-state index contributed by atoms with van der Waals surface area (Å²) in [6.07, 6.45) is 2.46. The zero-order valence-corrected chi connectivity index (χ0v) is 10.5. The first kappa shape index (κ1) is 10.7. The molecule has 0 N–H and O–H groups in total. The van der Waals surface area contributed by atoms with Gasteiger partial charge in [-0.2, -0.15) is 0 Å². The van der Waals surface area contributed by atoms with E-state index in [-0.39, 0.29) is 5.91 Å². The van der Waals surface area contributed by atoms with Crippen LogP contribution in [0.25, 0.3) is 0 Å². The van der Waals surface area contributed by atoms with Crippen molar-refractivity contribution in [3.8, 4) is 0 Å². The number of carbonyl (C=O) groups excluding carboxylic acids is 1. The van der Waals surface area contributed by atoms with E-state index in [0.29, 0.717) is 12.3 Å². The summed E-state index contributed by atoms with van der Waals surface area (Å²) in [7, 11) is 0. The summed E-state index contributed by atoms with van der Waals surface area (Å²) in [6.45, 7) is 4.51. The second-order valence-corrected chi connectivity index (χ2v) is 4.82. The third kappa shape index (κ3) is 2.07. The molecule has 78 valence electrons. The summed E-state index contributed by atoms with van der Waals surface area (Å²) in [5.74, 6) is 0.498. The number of anilines is 1. The van der Waals surface area contributed by atoms with E-state index in [1.54, 1.807) is 0 Å². The molecule has 1 atom stereocenters. The number of para-hydroxylation sites is 1. The van der Waals surface area contributed by atoms with Crippen LogP contribution in [0.5, 0.6) is 0 Å². The molecule has 1 saturated heterocycles. The van der Waals surface area contributed by atoms with Crippen LogP contribution in [-0.2, 0) is 4.79 Å². The first-order valence-corrected chi connectivity index (χ1v) is 5.97. The highest BCUT2D eigenvalue weighted by Gasteiger charge is 2.29. The Kier molecular flexibility index (Phi) is 3.09. The van der Waals surface area contributed by atoms with Crippen LogP contribution in [0, 0.1) is 9.49 Å². The van der Waals surface area contributed by atoms with Gasteiger partial charge in [0.15, 0.2) is 0 Å². The molecular formula is C12H12INO. The average Bonchev–Trinajstić information content (AvgIpc) is 2.60. The SMILES string of the molecule is C=CC1CC(=O)N(c2ccccc2I)C1. The number of carbonyl (C=O) groups is 1. The molecule has 0 aromatic heterocycles. The number of rotatable bonds is 2. The number of hydrogen-bond acceptors (Lipinski definition) is 1. The Morgan fingerprint density at radius 3 is 2.80 bits per heavy atom. The smallest absolute Gasteiger partial charge is 0.227 e. The average molecular weight is 313 g/mol. The molecule has 0 spiro atoms. The molecule has 1 fully saturated rings. The molecule has 1 aromatic rings. The van der Waals surface area contributed by atoms with Crippen molar-refractivity contribution in [2.24, 2.45) is 5.92 Å². The van der Waals surface area contributed by atoms with Crippen LogP contribution in [0.3, 0.4) is 0 Å². The van der Waals surface area contributed by atoms with Gasteiger partial charge in [-0.05, 0) is 34.7 Å². The van der Waals surface area contributed by atoms with E-state index < -0.39 is 0 Å². The van der Waals surface area contributed by atoms with Crippen molar-refractivity contribution >= 4 is 34.2 Å². The van der Waals surface area contributed by atoms with Gasteiger partial charge in [-0.1, -0.05) is 18.2 Å². The van der Waals surface area contributed by atoms with Crippen molar-refractivity contribution in [2.45, 2.75) is 6.42 Å². The number of nitrogens with zero attached hydrogens (tertiary/aromatic N) is 1. The van der Waals surface area contributed by atoms with E-state index in [9.17, 15) is 4.79 Å². The van der Waals surface area contributed by atoms with Crippen molar-refractivity contribution in [1.29, 1.82) is 0 Å². The number of amides is 1. The molecule has 2 nitrogen and oxygen atoms in total. The van der Waals surface area contributed by atoms with Gasteiger partial charge in [0, 0.05) is 22.5 Å². The summed E-state index contributed by atoms with van der Waals surface area (Å²) in [6, 6.07) is 7.96. The lowest BCUT2D eigenvalue weighted by atomic mass is 10.1. The highest BCUT2D eigenvalue weighted by Crippen LogP contribution is 2.29. The maximum atomic E-state index is 11.8. The van der Waals surface area contributed by atoms with E-state index in [0.717, 1.165) is 15.8 Å². The first-order chi connectivity index (χ1) is 7.22. The van der Waals surface area contributed by atoms with Crippen molar-refractivity contribution in [3.05, 3.63) is 40.5 Å². The summed E-state index contributed by atoms with van der Waals surface area (Å²) in [4.78, 5) is 13.6. The maximum absolute atomic E-state index is 11.8. The summed E-state index contributed by atoms with van der Waals surface area (Å²) in [5.41, 5.74) is 1.02. The second-order valence-electron chi connectivity index (χ2n) is 3.66. The molecule has 2 rings (SSSR count). The lowest BCUT2D eigenvalue weighted by Crippen LogP contribution is -2.25. The third-order valence-electron chi connectivity index (χ3n) is 2.63. The molecule has 0 saturated carbocycles. The van der Waals surface area contributed by atoms with Gasteiger partial charge in [0.2, 0.25) is 5.91 Å². The standard InChI is InChI=1S/C12H12INO/c1-2-9-7-12(15)14(8-9)11-6-4-3-5-10(11)13/h2-6,9H,1,7-8H2. The largest absolute Gasteiger partial charge is 0.311 e. The first-order valence-electron chi connectivity index (χ1n) is 4.90. The van der Waals surface area contributed by atoms with Gasteiger partial charge in [0.1, 0.15) is 0 Å². The Labute approximate surface area is 103 Å². The zero-order valence-electron chi connectivity index (χ0n) is 8.32. The lowest BCUT2D eigenvalue weighted by Gasteiger charge is -2.17. The minimum absolute atomic E-state index is 0.198. The molecule has 0 radical (unpaired) electrons. The van der Waals surface area contributed by atoms with E-state index in [1.165, 1.54) is 0 Å². The lowest BCUT2D eigenvalue weighted by molar-refractivity contribution is -0.117. The quantitative estimate of drug-likeness (QED) is 0.607. The Morgan fingerprint density at radius 2 is 2.20 bits per heavy atom. The van der Waals surface area contributed by atoms with E-state index >= 15 is 0 Å². The van der Waals surface area contributed by atoms with Crippen molar-refractivity contribution in [1.82, 2.24) is 0 Å². The normalized spacial score (nSPS) is 20.7. The Bertz CT molecular complexity index is 402. The highest BCUT2D eigenvalue weighted by molar-refractivity contribution is 14.1. The van der Waals surface area contributed by atoms with Crippen LogP contribution in [-0.4, -0.2) is 12.5 Å². The molecule has 1 amide bonds. The number of halogens is 1. The summed E-state index contributed by atoms with van der Waals surface area (Å²) < 4.78 is 1.12. The molecule has 1 unspecified atom stereocenters. The van der Waals surface area contributed by atoms with Crippen LogP contribution in [0.2, 0.25) is 0 Å². The van der Waals surface area contributed by atoms with E-state index in [1.807, 2.05) is 35.2 Å². The van der Waals surface area contributed by atoms with Crippen molar-refractivity contribution in [3.63, 3.8) is 0 Å². The monoisotopic (exact) mass is 313 g/mol. The Balaban J connectivity index is 2.29. The van der Waals surface area contributed by atoms with Crippen LogP contribution < -0.4 is 4.90 Å². The molecule has 0 bridgehead atoms. The fourth-order valence-electron chi connectivity index (χ4n) is 1.80. The maximum Gasteiger partial charge on any atom is 0.227 e. The molecule has 1 heterocycles. The molecule has 15 heavy (non-hydrogen) atoms. The van der Waals surface area contributed by atoms with Crippen LogP contribution in [0.4, 0.5) is 5.69 Å². The Morgan fingerprint density at radius 1 is 1.47 bits per heavy atom. The molecule has 1 aliphatic rings. The number of benzene rings is 1. The van der Waals surface area contributed by atoms with Gasteiger partial charge in [0.25, 0.3) is 0 Å². The topological polar surface area (TPSA) is 20.3 Å². The minimum Gasteiger partial charge on any atom is -0.311 e. The van der Waals surface area contributed by atoms with Gasteiger partial charge in [-0.25, -0.2) is 0 Å². The molecule has 3 heteroatoms. The van der Waals surface area contributed by atoms with Gasteiger partial charge >= 0.3 is 0 Å². The van der Waals surface area contributed by atoms with Crippen LogP contribution in [0.15, 0.2) is 36.9 Å². The minimum atomic E-state index is 0.198. The predicted molar refractivity (Wildman–Crippen MR) is 69.8 cm³/mol. The van der Waals surface area contributed by atoms with Crippen LogP contribution >= 0.6 is 22.6 Å². The number of hydrogen-bond donors (Lipinski definition) is 0. The third-order valence-corrected chi connectivity index (χ3v) is 3.54. The van der Waals surface area contributed by atoms with Crippen molar-refractivity contribution < 1.29 is 4.79 Å². The predicted octanol–water partition coefficient (Wildman–Crippen LogP) is 2.83. The van der Waals surface area contributed by atoms with E-state index in [2.05, 4.69) is 29.2 Å².